The molecule has 0 aliphatic carbocycles. The van der Waals surface area contributed by atoms with Crippen molar-refractivity contribution in [3.8, 4) is 0 Å². The summed E-state index contributed by atoms with van der Waals surface area (Å²) in [6.07, 6.45) is 3.03. The Balaban J connectivity index is 2.58. The first-order chi connectivity index (χ1) is 5.61. The number of anilines is 1. The molecule has 1 heterocycles. The van der Waals surface area contributed by atoms with Gasteiger partial charge >= 0.3 is 0 Å². The van der Waals surface area contributed by atoms with Crippen molar-refractivity contribution in [1.82, 2.24) is 9.55 Å². The number of nitrogen functional groups attached to an aromatic ring is 1. The molecule has 4 heteroatoms. The molecule has 0 spiro atoms. The highest BCUT2D eigenvalue weighted by Crippen LogP contribution is 2.06. The highest BCUT2D eigenvalue weighted by molar-refractivity contribution is 5.16. The van der Waals surface area contributed by atoms with Crippen LogP contribution in [0.2, 0.25) is 0 Å². The molecular formula is C8H15N3O. The second-order valence-electron chi connectivity index (χ2n) is 3.25. The Labute approximate surface area is 72.0 Å². The van der Waals surface area contributed by atoms with E-state index in [1.807, 2.05) is 13.8 Å². The van der Waals surface area contributed by atoms with Crippen molar-refractivity contribution in [3.05, 3.63) is 12.4 Å². The van der Waals surface area contributed by atoms with Crippen molar-refractivity contribution < 1.29 is 5.11 Å². The van der Waals surface area contributed by atoms with Gasteiger partial charge in [0.1, 0.15) is 0 Å². The van der Waals surface area contributed by atoms with Gasteiger partial charge in [0, 0.05) is 12.4 Å². The number of hydrogen-bond acceptors (Lipinski definition) is 3. The summed E-state index contributed by atoms with van der Waals surface area (Å²) < 4.78 is 1.74. The summed E-state index contributed by atoms with van der Waals surface area (Å²) in [5, 5.41) is 9.52. The van der Waals surface area contributed by atoms with Crippen LogP contribution in [0.3, 0.4) is 0 Å². The Kier molecular flexibility index (Phi) is 2.70. The van der Waals surface area contributed by atoms with Crippen LogP contribution in [-0.2, 0) is 6.54 Å². The predicted octanol–water partition coefficient (Wildman–Crippen LogP) is 0.482. The zero-order valence-corrected chi connectivity index (χ0v) is 7.44. The third-order valence-corrected chi connectivity index (χ3v) is 1.90. The van der Waals surface area contributed by atoms with Crippen molar-refractivity contribution in [2.75, 3.05) is 5.73 Å². The third-order valence-electron chi connectivity index (χ3n) is 1.90. The summed E-state index contributed by atoms with van der Waals surface area (Å²) in [7, 11) is 0. The fraction of sp³-hybridized carbons (Fsp3) is 0.625. The van der Waals surface area contributed by atoms with Crippen LogP contribution in [0.1, 0.15) is 13.8 Å². The minimum atomic E-state index is -0.360. The minimum absolute atomic E-state index is 0.242. The van der Waals surface area contributed by atoms with Crippen molar-refractivity contribution in [1.29, 1.82) is 0 Å². The monoisotopic (exact) mass is 169 g/mol. The molecule has 0 bridgehead atoms. The normalized spacial score (nSPS) is 13.7. The largest absolute Gasteiger partial charge is 0.391 e. The average molecular weight is 169 g/mol. The molecule has 1 rings (SSSR count). The first kappa shape index (κ1) is 9.06. The van der Waals surface area contributed by atoms with Crippen LogP contribution in [0, 0.1) is 5.92 Å². The molecule has 1 aromatic rings. The molecule has 0 amide bonds. The molecule has 0 saturated carbocycles. The summed E-state index contributed by atoms with van der Waals surface area (Å²) >= 11 is 0. The Bertz CT molecular complexity index is 244. The number of aromatic nitrogens is 2. The van der Waals surface area contributed by atoms with E-state index in [2.05, 4.69) is 4.98 Å². The predicted molar refractivity (Wildman–Crippen MR) is 47.5 cm³/mol. The van der Waals surface area contributed by atoms with E-state index in [4.69, 9.17) is 5.73 Å². The van der Waals surface area contributed by atoms with E-state index in [1.54, 1.807) is 17.0 Å². The van der Waals surface area contributed by atoms with Gasteiger partial charge in [0.15, 0.2) is 5.95 Å². The van der Waals surface area contributed by atoms with Crippen LogP contribution in [-0.4, -0.2) is 20.8 Å². The van der Waals surface area contributed by atoms with Crippen LogP contribution < -0.4 is 5.73 Å². The van der Waals surface area contributed by atoms with Crippen molar-refractivity contribution >= 4 is 5.95 Å². The Hall–Kier alpha value is -1.03. The van der Waals surface area contributed by atoms with E-state index < -0.39 is 0 Å². The van der Waals surface area contributed by atoms with Gasteiger partial charge in [-0.1, -0.05) is 13.8 Å². The molecule has 0 aromatic carbocycles. The second-order valence-corrected chi connectivity index (χ2v) is 3.25. The highest BCUT2D eigenvalue weighted by Gasteiger charge is 2.10. The topological polar surface area (TPSA) is 64.1 Å². The first-order valence-electron chi connectivity index (χ1n) is 4.06. The number of imidazole rings is 1. The molecule has 3 N–H and O–H groups in total. The van der Waals surface area contributed by atoms with Crippen molar-refractivity contribution in [3.63, 3.8) is 0 Å². The summed E-state index contributed by atoms with van der Waals surface area (Å²) in [6.45, 7) is 4.46. The average Bonchev–Trinajstić information content (AvgIpc) is 2.36. The lowest BCUT2D eigenvalue weighted by Gasteiger charge is -2.15. The SMILES string of the molecule is CC(C)C(O)Cn1ccnc1N. The van der Waals surface area contributed by atoms with Gasteiger partial charge in [-0.2, -0.15) is 0 Å². The Morgan fingerprint density at radius 3 is 2.75 bits per heavy atom. The van der Waals surface area contributed by atoms with Gasteiger partial charge < -0.3 is 15.4 Å². The van der Waals surface area contributed by atoms with Gasteiger partial charge in [0.2, 0.25) is 0 Å². The van der Waals surface area contributed by atoms with Gasteiger partial charge in [0.25, 0.3) is 0 Å². The number of rotatable bonds is 3. The van der Waals surface area contributed by atoms with Crippen LogP contribution in [0.25, 0.3) is 0 Å². The summed E-state index contributed by atoms with van der Waals surface area (Å²) in [4.78, 5) is 3.86. The van der Waals surface area contributed by atoms with Crippen molar-refractivity contribution in [2.45, 2.75) is 26.5 Å². The maximum Gasteiger partial charge on any atom is 0.200 e. The lowest BCUT2D eigenvalue weighted by molar-refractivity contribution is 0.107. The fourth-order valence-electron chi connectivity index (χ4n) is 0.907. The van der Waals surface area contributed by atoms with Gasteiger partial charge in [-0.15, -0.1) is 0 Å². The molecule has 1 unspecified atom stereocenters. The maximum atomic E-state index is 9.52. The quantitative estimate of drug-likeness (QED) is 0.691. The maximum absolute atomic E-state index is 9.52. The number of aliphatic hydroxyl groups excluding tert-OH is 1. The Morgan fingerprint density at radius 1 is 1.67 bits per heavy atom. The fourth-order valence-corrected chi connectivity index (χ4v) is 0.907. The zero-order valence-electron chi connectivity index (χ0n) is 7.44. The molecule has 0 fully saturated rings. The number of hydrogen-bond donors (Lipinski definition) is 2. The summed E-state index contributed by atoms with van der Waals surface area (Å²) in [6, 6.07) is 0. The van der Waals surface area contributed by atoms with E-state index in [9.17, 15) is 5.11 Å². The van der Waals surface area contributed by atoms with Gasteiger partial charge in [0.05, 0.1) is 12.6 Å². The third kappa shape index (κ3) is 1.98. The lowest BCUT2D eigenvalue weighted by atomic mass is 10.1. The van der Waals surface area contributed by atoms with Crippen LogP contribution in [0.5, 0.6) is 0 Å². The standard InChI is InChI=1S/C8H15N3O/c1-6(2)7(12)5-11-4-3-10-8(11)9/h3-4,6-7,12H,5H2,1-2H3,(H2,9,10). The van der Waals surface area contributed by atoms with Gasteiger partial charge in [-0.05, 0) is 5.92 Å². The van der Waals surface area contributed by atoms with Gasteiger partial charge in [-0.25, -0.2) is 4.98 Å². The lowest BCUT2D eigenvalue weighted by Crippen LogP contribution is -2.22. The molecule has 0 aliphatic rings. The highest BCUT2D eigenvalue weighted by atomic mass is 16.3. The second kappa shape index (κ2) is 3.58. The molecule has 12 heavy (non-hydrogen) atoms. The number of nitrogens with two attached hydrogens (primary N) is 1. The van der Waals surface area contributed by atoms with E-state index in [1.165, 1.54) is 0 Å². The molecule has 1 aromatic heterocycles. The van der Waals surface area contributed by atoms with Gasteiger partial charge in [-0.3, -0.25) is 0 Å². The van der Waals surface area contributed by atoms with Crippen LogP contribution >= 0.6 is 0 Å². The van der Waals surface area contributed by atoms with Crippen LogP contribution in [0.15, 0.2) is 12.4 Å². The minimum Gasteiger partial charge on any atom is -0.391 e. The van der Waals surface area contributed by atoms with E-state index in [0.717, 1.165) is 0 Å². The molecule has 68 valence electrons. The molecule has 4 nitrogen and oxygen atoms in total. The Morgan fingerprint density at radius 2 is 2.33 bits per heavy atom. The molecule has 1 atom stereocenters. The van der Waals surface area contributed by atoms with E-state index >= 15 is 0 Å². The van der Waals surface area contributed by atoms with E-state index in [0.29, 0.717) is 12.5 Å². The number of aliphatic hydroxyl groups is 1. The summed E-state index contributed by atoms with van der Waals surface area (Å²) in [5.74, 6) is 0.696. The molecular weight excluding hydrogens is 154 g/mol. The van der Waals surface area contributed by atoms with Crippen molar-refractivity contribution in [2.24, 2.45) is 5.92 Å². The molecule has 0 aliphatic heterocycles. The summed E-state index contributed by atoms with van der Waals surface area (Å²) in [5.41, 5.74) is 5.53. The van der Waals surface area contributed by atoms with Crippen LogP contribution in [0.4, 0.5) is 5.95 Å². The van der Waals surface area contributed by atoms with E-state index in [-0.39, 0.29) is 12.0 Å². The number of nitrogens with zero attached hydrogens (tertiary/aromatic N) is 2. The smallest absolute Gasteiger partial charge is 0.200 e. The molecule has 0 radical (unpaired) electrons. The first-order valence-corrected chi connectivity index (χ1v) is 4.06. The zero-order chi connectivity index (χ0) is 9.14. The molecule has 0 saturated heterocycles.